The molecule has 0 heterocycles. The van der Waals surface area contributed by atoms with Gasteiger partial charge in [-0.3, -0.25) is 5.01 Å². The zero-order chi connectivity index (χ0) is 19.6. The molecule has 0 aliphatic heterocycles. The molecule has 0 aromatic heterocycles. The summed E-state index contributed by atoms with van der Waals surface area (Å²) in [5, 5.41) is 6.22. The van der Waals surface area contributed by atoms with Gasteiger partial charge in [0.1, 0.15) is 0 Å². The third-order valence-electron chi connectivity index (χ3n) is 3.68. The number of benzene rings is 1. The molecule has 25 heavy (non-hydrogen) atoms. The standard InChI is InChI=1S/C17H23F3N2O.C2H6/c1-6-22(21-14(4)13(3)12(2)11-23-5)16-9-7-15(8-10-16)17(18,19)20;1-2/h7-11,13H,6H2,1-5H3;1-2H3/b12-11+,21-14-;. The maximum Gasteiger partial charge on any atom is 0.416 e. The molecule has 0 saturated carbocycles. The van der Waals surface area contributed by atoms with Crippen LogP contribution in [0.15, 0.2) is 41.2 Å². The number of anilines is 1. The molecule has 0 spiro atoms. The molecular formula is C19H29F3N2O. The van der Waals surface area contributed by atoms with Crippen molar-refractivity contribution < 1.29 is 17.9 Å². The minimum atomic E-state index is -4.33. The van der Waals surface area contributed by atoms with E-state index in [0.717, 1.165) is 23.4 Å². The van der Waals surface area contributed by atoms with Gasteiger partial charge in [-0.2, -0.15) is 18.3 Å². The van der Waals surface area contributed by atoms with Gasteiger partial charge in [-0.25, -0.2) is 0 Å². The number of hydrazone groups is 1. The van der Waals surface area contributed by atoms with Crippen molar-refractivity contribution in [2.24, 2.45) is 11.0 Å². The number of hydrogen-bond acceptors (Lipinski definition) is 3. The summed E-state index contributed by atoms with van der Waals surface area (Å²) in [5.41, 5.74) is 1.85. The molecule has 1 rings (SSSR count). The fourth-order valence-electron chi connectivity index (χ4n) is 2.03. The highest BCUT2D eigenvalue weighted by Crippen LogP contribution is 2.30. The zero-order valence-corrected chi connectivity index (χ0v) is 16.1. The van der Waals surface area contributed by atoms with Gasteiger partial charge in [-0.15, -0.1) is 0 Å². The number of ether oxygens (including phenoxy) is 1. The van der Waals surface area contributed by atoms with Crippen molar-refractivity contribution in [3.05, 3.63) is 41.7 Å². The second-order valence-corrected chi connectivity index (χ2v) is 5.32. The Morgan fingerprint density at radius 2 is 1.72 bits per heavy atom. The molecule has 0 bridgehead atoms. The Morgan fingerprint density at radius 1 is 1.20 bits per heavy atom. The van der Waals surface area contributed by atoms with Crippen LogP contribution in [0, 0.1) is 5.92 Å². The number of halogens is 3. The average molecular weight is 358 g/mol. The molecule has 1 aromatic carbocycles. The summed E-state index contributed by atoms with van der Waals surface area (Å²) in [6.07, 6.45) is -2.66. The van der Waals surface area contributed by atoms with Crippen LogP contribution in [0.5, 0.6) is 0 Å². The van der Waals surface area contributed by atoms with Crippen LogP contribution in [0.2, 0.25) is 0 Å². The highest BCUT2D eigenvalue weighted by molar-refractivity contribution is 5.87. The molecule has 1 atom stereocenters. The van der Waals surface area contributed by atoms with Crippen molar-refractivity contribution in [2.45, 2.75) is 47.7 Å². The number of alkyl halides is 3. The Kier molecular flexibility index (Phi) is 9.94. The molecule has 0 fully saturated rings. The first kappa shape index (κ1) is 23.0. The molecule has 0 amide bonds. The van der Waals surface area contributed by atoms with E-state index < -0.39 is 11.7 Å². The summed E-state index contributed by atoms with van der Waals surface area (Å²) in [7, 11) is 1.59. The van der Waals surface area contributed by atoms with Crippen LogP contribution in [0.1, 0.15) is 47.1 Å². The lowest BCUT2D eigenvalue weighted by Crippen LogP contribution is -2.21. The Morgan fingerprint density at radius 3 is 2.12 bits per heavy atom. The highest BCUT2D eigenvalue weighted by atomic mass is 19.4. The molecule has 6 heteroatoms. The number of nitrogens with zero attached hydrogens (tertiary/aromatic N) is 2. The van der Waals surface area contributed by atoms with E-state index in [9.17, 15) is 13.2 Å². The number of rotatable bonds is 6. The summed E-state index contributed by atoms with van der Waals surface area (Å²) >= 11 is 0. The number of hydrogen-bond donors (Lipinski definition) is 0. The van der Waals surface area contributed by atoms with Crippen LogP contribution >= 0.6 is 0 Å². The monoisotopic (exact) mass is 358 g/mol. The Hall–Kier alpha value is -1.98. The van der Waals surface area contributed by atoms with Gasteiger partial charge < -0.3 is 4.74 Å². The largest absolute Gasteiger partial charge is 0.504 e. The first-order valence-electron chi connectivity index (χ1n) is 8.40. The van der Waals surface area contributed by atoms with Crippen LogP contribution in [0.3, 0.4) is 0 Å². The first-order valence-corrected chi connectivity index (χ1v) is 8.40. The van der Waals surface area contributed by atoms with Crippen LogP contribution in [0.25, 0.3) is 0 Å². The normalized spacial score (nSPS) is 13.7. The lowest BCUT2D eigenvalue weighted by atomic mass is 9.99. The van der Waals surface area contributed by atoms with E-state index in [4.69, 9.17) is 4.74 Å². The fourth-order valence-corrected chi connectivity index (χ4v) is 2.03. The zero-order valence-electron chi connectivity index (χ0n) is 16.1. The van der Waals surface area contributed by atoms with Gasteiger partial charge in [0, 0.05) is 18.2 Å². The van der Waals surface area contributed by atoms with Crippen molar-refractivity contribution in [3.63, 3.8) is 0 Å². The van der Waals surface area contributed by atoms with Crippen LogP contribution < -0.4 is 5.01 Å². The van der Waals surface area contributed by atoms with E-state index in [-0.39, 0.29) is 5.92 Å². The second kappa shape index (κ2) is 10.8. The molecule has 1 aromatic rings. The lowest BCUT2D eigenvalue weighted by molar-refractivity contribution is -0.137. The lowest BCUT2D eigenvalue weighted by Gasteiger charge is -2.21. The van der Waals surface area contributed by atoms with E-state index in [2.05, 4.69) is 5.10 Å². The molecule has 1 unspecified atom stereocenters. The van der Waals surface area contributed by atoms with Crippen LogP contribution in [-0.4, -0.2) is 19.4 Å². The van der Waals surface area contributed by atoms with Gasteiger partial charge in [-0.05, 0) is 50.6 Å². The Balaban J connectivity index is 0.00000277. The smallest absolute Gasteiger partial charge is 0.416 e. The molecule has 3 nitrogen and oxygen atoms in total. The predicted octanol–water partition coefficient (Wildman–Crippen LogP) is 6.12. The number of methoxy groups -OCH3 is 1. The van der Waals surface area contributed by atoms with Crippen molar-refractivity contribution in [1.82, 2.24) is 0 Å². The van der Waals surface area contributed by atoms with E-state index in [0.29, 0.717) is 12.2 Å². The second-order valence-electron chi connectivity index (χ2n) is 5.32. The third kappa shape index (κ3) is 7.20. The summed E-state index contributed by atoms with van der Waals surface area (Å²) in [6, 6.07) is 5.02. The summed E-state index contributed by atoms with van der Waals surface area (Å²) < 4.78 is 42.9. The predicted molar refractivity (Wildman–Crippen MR) is 98.9 cm³/mol. The minimum Gasteiger partial charge on any atom is -0.504 e. The van der Waals surface area contributed by atoms with E-state index >= 15 is 0 Å². The highest BCUT2D eigenvalue weighted by Gasteiger charge is 2.30. The average Bonchev–Trinajstić information content (AvgIpc) is 2.60. The van der Waals surface area contributed by atoms with E-state index in [1.54, 1.807) is 18.4 Å². The molecule has 0 radical (unpaired) electrons. The summed E-state index contributed by atoms with van der Waals surface area (Å²) in [4.78, 5) is 0. The molecule has 0 aliphatic rings. The minimum absolute atomic E-state index is 0.0819. The summed E-state index contributed by atoms with van der Waals surface area (Å²) in [6.45, 7) is 12.3. The molecular weight excluding hydrogens is 329 g/mol. The molecule has 0 aliphatic carbocycles. The van der Waals surface area contributed by atoms with Crippen LogP contribution in [-0.2, 0) is 10.9 Å². The third-order valence-corrected chi connectivity index (χ3v) is 3.68. The molecule has 0 saturated heterocycles. The van der Waals surface area contributed by atoms with Gasteiger partial charge in [0.15, 0.2) is 0 Å². The van der Waals surface area contributed by atoms with Crippen molar-refractivity contribution in [3.8, 4) is 0 Å². The molecule has 0 N–H and O–H groups in total. The van der Waals surface area contributed by atoms with Gasteiger partial charge in [0.2, 0.25) is 0 Å². The maximum absolute atomic E-state index is 12.6. The fraction of sp³-hybridized carbons (Fsp3) is 0.526. The van der Waals surface area contributed by atoms with Crippen molar-refractivity contribution in [1.29, 1.82) is 0 Å². The summed E-state index contributed by atoms with van der Waals surface area (Å²) in [5.74, 6) is 0.0819. The van der Waals surface area contributed by atoms with Gasteiger partial charge >= 0.3 is 6.18 Å². The van der Waals surface area contributed by atoms with Crippen molar-refractivity contribution >= 4 is 11.4 Å². The Bertz CT molecular complexity index is 563. The topological polar surface area (TPSA) is 24.8 Å². The van der Waals surface area contributed by atoms with Crippen molar-refractivity contribution in [2.75, 3.05) is 18.7 Å². The molecule has 142 valence electrons. The first-order chi connectivity index (χ1) is 11.7. The van der Waals surface area contributed by atoms with E-state index in [1.807, 2.05) is 41.5 Å². The maximum atomic E-state index is 12.6. The van der Waals surface area contributed by atoms with Gasteiger partial charge in [0.25, 0.3) is 0 Å². The SMILES string of the molecule is CC.CCN(/N=C(/C)C(C)/C(C)=C/OC)c1ccc(C(F)(F)F)cc1. The van der Waals surface area contributed by atoms with Crippen LogP contribution in [0.4, 0.5) is 18.9 Å². The van der Waals surface area contributed by atoms with Gasteiger partial charge in [0.05, 0.1) is 24.6 Å². The van der Waals surface area contributed by atoms with Gasteiger partial charge in [-0.1, -0.05) is 20.8 Å². The Labute approximate surface area is 149 Å². The quantitative estimate of drug-likeness (QED) is 0.348. The van der Waals surface area contributed by atoms with E-state index in [1.165, 1.54) is 12.1 Å². The number of allylic oxidation sites excluding steroid dienone is 1.